The Balaban J connectivity index is 1.23. The molecule has 0 saturated heterocycles. The SMILES string of the molecule is [C-]#[N+]c1cccc(-c2ccc3c(c2)c2ccccc2n3-c2cc(C)ccc2-c2cc(C#N)ccc2-n2c3ccccc3c3cc(-c4cccc(C#N)c4)ccc32)c1. The monoisotopic (exact) mass is 725 g/mol. The molecule has 10 rings (SSSR count). The molecule has 0 fully saturated rings. The first-order chi connectivity index (χ1) is 28.0. The van der Waals surface area contributed by atoms with Crippen molar-refractivity contribution in [3.05, 3.63) is 198 Å². The minimum Gasteiger partial charge on any atom is -0.309 e. The fourth-order valence-electron chi connectivity index (χ4n) is 8.42. The van der Waals surface area contributed by atoms with E-state index in [0.717, 1.165) is 93.9 Å². The van der Waals surface area contributed by atoms with Crippen LogP contribution >= 0.6 is 0 Å². The maximum absolute atomic E-state index is 10.3. The zero-order valence-electron chi connectivity index (χ0n) is 30.9. The van der Waals surface area contributed by atoms with Gasteiger partial charge >= 0.3 is 0 Å². The Bertz CT molecular complexity index is 3410. The molecule has 0 spiro atoms. The summed E-state index contributed by atoms with van der Waals surface area (Å²) in [5.41, 5.74) is 15.2. The van der Waals surface area contributed by atoms with E-state index in [2.05, 4.69) is 148 Å². The van der Waals surface area contributed by atoms with Crippen molar-refractivity contribution in [3.8, 4) is 56.9 Å². The summed E-state index contributed by atoms with van der Waals surface area (Å²) in [6.45, 7) is 9.68. The molecule has 264 valence electrons. The van der Waals surface area contributed by atoms with Crippen molar-refractivity contribution in [2.75, 3.05) is 0 Å². The van der Waals surface area contributed by atoms with Crippen LogP contribution in [0.15, 0.2) is 170 Å². The second-order valence-electron chi connectivity index (χ2n) is 14.4. The van der Waals surface area contributed by atoms with Gasteiger partial charge in [0.2, 0.25) is 0 Å². The molecule has 0 atom stereocenters. The second-order valence-corrected chi connectivity index (χ2v) is 14.4. The zero-order valence-corrected chi connectivity index (χ0v) is 30.9. The van der Waals surface area contributed by atoms with Gasteiger partial charge in [0.25, 0.3) is 0 Å². The molecule has 5 heteroatoms. The van der Waals surface area contributed by atoms with Gasteiger partial charge in [0.15, 0.2) is 5.69 Å². The van der Waals surface area contributed by atoms with Gasteiger partial charge in [-0.1, -0.05) is 91.0 Å². The van der Waals surface area contributed by atoms with Crippen LogP contribution in [0.3, 0.4) is 0 Å². The fourth-order valence-corrected chi connectivity index (χ4v) is 8.42. The lowest BCUT2D eigenvalue weighted by molar-refractivity contribution is 1.15. The number of hydrogen-bond donors (Lipinski definition) is 0. The summed E-state index contributed by atoms with van der Waals surface area (Å²) in [5.74, 6) is 0. The molecule has 0 bridgehead atoms. The lowest BCUT2D eigenvalue weighted by atomic mass is 9.97. The average molecular weight is 726 g/mol. The second kappa shape index (κ2) is 13.3. The van der Waals surface area contributed by atoms with Crippen LogP contribution in [0, 0.1) is 36.2 Å². The maximum atomic E-state index is 10.3. The highest BCUT2D eigenvalue weighted by Gasteiger charge is 2.21. The molecule has 2 heterocycles. The number of nitriles is 2. The van der Waals surface area contributed by atoms with Gasteiger partial charge in [-0.15, -0.1) is 0 Å². The van der Waals surface area contributed by atoms with Crippen LogP contribution in [-0.2, 0) is 0 Å². The minimum atomic E-state index is 0.578. The number of nitrogens with zero attached hydrogens (tertiary/aromatic N) is 5. The van der Waals surface area contributed by atoms with Gasteiger partial charge in [0, 0.05) is 32.7 Å². The van der Waals surface area contributed by atoms with Crippen molar-refractivity contribution >= 4 is 49.3 Å². The summed E-state index contributed by atoms with van der Waals surface area (Å²) in [6, 6.07) is 62.8. The molecule has 0 unspecified atom stereocenters. The van der Waals surface area contributed by atoms with E-state index in [1.165, 1.54) is 0 Å². The Hall–Kier alpha value is -8.17. The number of aryl methyl sites for hydroxylation is 1. The molecule has 8 aromatic carbocycles. The van der Waals surface area contributed by atoms with Gasteiger partial charge in [-0.05, 0) is 114 Å². The van der Waals surface area contributed by atoms with E-state index >= 15 is 0 Å². The summed E-state index contributed by atoms with van der Waals surface area (Å²) in [5, 5.41) is 24.3. The summed E-state index contributed by atoms with van der Waals surface area (Å²) >= 11 is 0. The van der Waals surface area contributed by atoms with Crippen molar-refractivity contribution in [2.45, 2.75) is 6.92 Å². The molecule has 0 aliphatic carbocycles. The highest BCUT2D eigenvalue weighted by atomic mass is 15.0. The Morgan fingerprint density at radius 3 is 1.65 bits per heavy atom. The third-order valence-electron chi connectivity index (χ3n) is 11.0. The van der Waals surface area contributed by atoms with Crippen molar-refractivity contribution in [2.24, 2.45) is 0 Å². The Morgan fingerprint density at radius 1 is 0.439 bits per heavy atom. The van der Waals surface area contributed by atoms with E-state index < -0.39 is 0 Å². The van der Waals surface area contributed by atoms with Crippen LogP contribution in [0.4, 0.5) is 5.69 Å². The molecule has 0 radical (unpaired) electrons. The molecule has 0 aliphatic rings. The van der Waals surface area contributed by atoms with Crippen molar-refractivity contribution < 1.29 is 0 Å². The molecule has 5 nitrogen and oxygen atoms in total. The molecule has 0 amide bonds. The van der Waals surface area contributed by atoms with Gasteiger partial charge < -0.3 is 9.13 Å². The van der Waals surface area contributed by atoms with Crippen LogP contribution in [0.1, 0.15) is 16.7 Å². The third kappa shape index (κ3) is 5.45. The summed E-state index contributed by atoms with van der Waals surface area (Å²) in [4.78, 5) is 3.67. The molecule has 0 saturated carbocycles. The fraction of sp³-hybridized carbons (Fsp3) is 0.0192. The van der Waals surface area contributed by atoms with Gasteiger partial charge in [0.05, 0.1) is 63.3 Å². The summed E-state index contributed by atoms with van der Waals surface area (Å²) in [6.07, 6.45) is 0. The number of rotatable bonds is 5. The molecule has 0 aliphatic heterocycles. The number of aromatic nitrogens is 2. The zero-order chi connectivity index (χ0) is 38.6. The van der Waals surface area contributed by atoms with E-state index in [9.17, 15) is 10.5 Å². The third-order valence-corrected chi connectivity index (χ3v) is 11.0. The first-order valence-electron chi connectivity index (χ1n) is 18.7. The maximum Gasteiger partial charge on any atom is 0.187 e. The van der Waals surface area contributed by atoms with E-state index in [1.54, 1.807) is 0 Å². The normalized spacial score (nSPS) is 11.2. The van der Waals surface area contributed by atoms with E-state index in [-0.39, 0.29) is 0 Å². The van der Waals surface area contributed by atoms with Gasteiger partial charge in [0.1, 0.15) is 0 Å². The van der Waals surface area contributed by atoms with Gasteiger partial charge in [-0.2, -0.15) is 10.5 Å². The summed E-state index contributed by atoms with van der Waals surface area (Å²) in [7, 11) is 0. The number of hydrogen-bond acceptors (Lipinski definition) is 2. The lowest BCUT2D eigenvalue weighted by Crippen LogP contribution is -2.02. The molecular weight excluding hydrogens is 695 g/mol. The van der Waals surface area contributed by atoms with Crippen LogP contribution in [0.5, 0.6) is 0 Å². The van der Waals surface area contributed by atoms with E-state index in [4.69, 9.17) is 6.57 Å². The number of fused-ring (bicyclic) bond motifs is 6. The van der Waals surface area contributed by atoms with Crippen LogP contribution < -0.4 is 0 Å². The predicted octanol–water partition coefficient (Wildman–Crippen LogP) is 13.5. The first kappa shape index (κ1) is 33.4. The molecule has 57 heavy (non-hydrogen) atoms. The predicted molar refractivity (Wildman–Crippen MR) is 232 cm³/mol. The largest absolute Gasteiger partial charge is 0.309 e. The van der Waals surface area contributed by atoms with Crippen molar-refractivity contribution in [3.63, 3.8) is 0 Å². The van der Waals surface area contributed by atoms with Crippen molar-refractivity contribution in [1.82, 2.24) is 9.13 Å². The highest BCUT2D eigenvalue weighted by molar-refractivity contribution is 6.12. The van der Waals surface area contributed by atoms with Crippen LogP contribution in [-0.4, -0.2) is 9.13 Å². The Labute approximate surface area is 329 Å². The molecule has 10 aromatic rings. The smallest absolute Gasteiger partial charge is 0.187 e. The van der Waals surface area contributed by atoms with Gasteiger partial charge in [-0.3, -0.25) is 0 Å². The highest BCUT2D eigenvalue weighted by Crippen LogP contribution is 2.43. The first-order valence-corrected chi connectivity index (χ1v) is 18.7. The average Bonchev–Trinajstić information content (AvgIpc) is 3.78. The standard InChI is InChI=1S/C52H31N5/c1-33-17-21-43(52(25-33)57-48-16-6-4-14-42(48)46-30-39(20-24-51(46)57)37-11-8-12-40(28-37)55-2)44-27-35(32-54)18-22-49(44)56-47-15-5-3-13-41(47)45-29-38(19-23-50(45)56)36-10-7-9-34(26-36)31-53/h3-30H,1H3. The molecular formula is C52H31N5. The quantitative estimate of drug-likeness (QED) is 0.166. The van der Waals surface area contributed by atoms with Crippen LogP contribution in [0.2, 0.25) is 0 Å². The molecule has 2 aromatic heterocycles. The van der Waals surface area contributed by atoms with Gasteiger partial charge in [-0.25, -0.2) is 4.85 Å². The summed E-state index contributed by atoms with van der Waals surface area (Å²) < 4.78 is 4.67. The lowest BCUT2D eigenvalue weighted by Gasteiger charge is -2.19. The van der Waals surface area contributed by atoms with E-state index in [1.807, 2.05) is 54.6 Å². The Morgan fingerprint density at radius 2 is 1.00 bits per heavy atom. The minimum absolute atomic E-state index is 0.578. The topological polar surface area (TPSA) is 61.8 Å². The van der Waals surface area contributed by atoms with Crippen molar-refractivity contribution in [1.29, 1.82) is 10.5 Å². The van der Waals surface area contributed by atoms with E-state index in [0.29, 0.717) is 16.8 Å². The number of para-hydroxylation sites is 2. The van der Waals surface area contributed by atoms with Crippen LogP contribution in [0.25, 0.3) is 93.2 Å². The number of benzene rings is 8. The Kier molecular flexibility index (Phi) is 7.79. The molecule has 0 N–H and O–H groups in total.